The van der Waals surface area contributed by atoms with Gasteiger partial charge >= 0.3 is 0 Å². The molecule has 7 heteroatoms. The molecule has 0 saturated carbocycles. The number of phenols is 1. The molecule has 0 spiro atoms. The Morgan fingerprint density at radius 2 is 2.04 bits per heavy atom. The van der Waals surface area contributed by atoms with Crippen molar-refractivity contribution < 1.29 is 19.8 Å². The van der Waals surface area contributed by atoms with Crippen molar-refractivity contribution in [2.45, 2.75) is 26.3 Å². The van der Waals surface area contributed by atoms with Crippen LogP contribution in [0.2, 0.25) is 5.02 Å². The van der Waals surface area contributed by atoms with Gasteiger partial charge in [-0.2, -0.15) is 0 Å². The fraction of sp³-hybridized carbons (Fsp3) is 0.250. The lowest BCUT2D eigenvalue weighted by atomic mass is 9.92. The maximum Gasteiger partial charge on any atom is 0.294 e. The zero-order chi connectivity index (χ0) is 19.7. The molecule has 27 heavy (non-hydrogen) atoms. The monoisotopic (exact) mass is 386 g/mol. The number of ketones is 1. The van der Waals surface area contributed by atoms with E-state index >= 15 is 0 Å². The summed E-state index contributed by atoms with van der Waals surface area (Å²) in [5, 5.41) is 21.1. The maximum absolute atomic E-state index is 12.8. The normalized spacial score (nSPS) is 17.1. The number of Topliss-reactive ketones (excluding diaryl/α,β-unsaturated/α-hetero) is 1. The van der Waals surface area contributed by atoms with Gasteiger partial charge in [-0.25, -0.2) is 0 Å². The van der Waals surface area contributed by atoms with Crippen molar-refractivity contribution in [3.8, 4) is 5.75 Å². The summed E-state index contributed by atoms with van der Waals surface area (Å²) < 4.78 is 0. The molecule has 0 saturated heterocycles. The van der Waals surface area contributed by atoms with Crippen molar-refractivity contribution in [1.82, 2.24) is 4.98 Å². The van der Waals surface area contributed by atoms with Gasteiger partial charge in [0.1, 0.15) is 5.75 Å². The predicted molar refractivity (Wildman–Crippen MR) is 102 cm³/mol. The molecule has 1 aromatic heterocycles. The van der Waals surface area contributed by atoms with Crippen LogP contribution < -0.4 is 4.90 Å². The van der Waals surface area contributed by atoms with Crippen molar-refractivity contribution >= 4 is 29.0 Å². The average molecular weight is 387 g/mol. The summed E-state index contributed by atoms with van der Waals surface area (Å²) in [6.45, 7) is 3.76. The third-order valence-electron chi connectivity index (χ3n) is 4.30. The highest BCUT2D eigenvalue weighted by molar-refractivity contribution is 6.31. The number of benzene rings is 1. The van der Waals surface area contributed by atoms with E-state index in [0.717, 1.165) is 0 Å². The Labute approximate surface area is 161 Å². The molecule has 1 aliphatic heterocycles. The van der Waals surface area contributed by atoms with Crippen LogP contribution in [0.15, 0.2) is 54.1 Å². The highest BCUT2D eigenvalue weighted by Gasteiger charge is 2.45. The third kappa shape index (κ3) is 3.53. The standard InChI is InChI=1S/C20H19ClN2O4/c1-11(2)8-16(25)17-18(12-4-3-7-22-10-12)23(20(27)19(17)26)14-9-13(21)5-6-15(14)24/h3-7,9-11,18,24,26H,8H2,1-2H3. The lowest BCUT2D eigenvalue weighted by molar-refractivity contribution is -0.118. The van der Waals surface area contributed by atoms with Gasteiger partial charge in [-0.15, -0.1) is 0 Å². The number of aromatic nitrogens is 1. The molecule has 2 heterocycles. The number of aromatic hydroxyl groups is 1. The van der Waals surface area contributed by atoms with E-state index in [9.17, 15) is 19.8 Å². The Bertz CT molecular complexity index is 925. The lowest BCUT2D eigenvalue weighted by Gasteiger charge is -2.27. The molecule has 6 nitrogen and oxygen atoms in total. The number of aliphatic hydroxyl groups excluding tert-OH is 1. The first-order valence-electron chi connectivity index (χ1n) is 8.49. The van der Waals surface area contributed by atoms with Gasteiger partial charge in [0.2, 0.25) is 0 Å². The molecule has 2 aromatic rings. The van der Waals surface area contributed by atoms with E-state index in [1.54, 1.807) is 18.3 Å². The van der Waals surface area contributed by atoms with Crippen molar-refractivity contribution in [3.63, 3.8) is 0 Å². The van der Waals surface area contributed by atoms with E-state index in [1.807, 2.05) is 13.8 Å². The topological polar surface area (TPSA) is 90.7 Å². The van der Waals surface area contributed by atoms with E-state index in [1.165, 1.54) is 29.3 Å². The van der Waals surface area contributed by atoms with Gasteiger partial charge < -0.3 is 10.2 Å². The van der Waals surface area contributed by atoms with Gasteiger partial charge in [-0.05, 0) is 35.7 Å². The van der Waals surface area contributed by atoms with E-state index < -0.39 is 17.7 Å². The van der Waals surface area contributed by atoms with Crippen LogP contribution in [0.1, 0.15) is 31.9 Å². The van der Waals surface area contributed by atoms with Gasteiger partial charge in [-0.1, -0.05) is 31.5 Å². The van der Waals surface area contributed by atoms with Crippen LogP contribution in [0.5, 0.6) is 5.75 Å². The molecule has 1 aromatic carbocycles. The van der Waals surface area contributed by atoms with Crippen LogP contribution in [-0.4, -0.2) is 26.9 Å². The lowest BCUT2D eigenvalue weighted by Crippen LogP contribution is -2.31. The number of hydrogen-bond donors (Lipinski definition) is 2. The van der Waals surface area contributed by atoms with Crippen molar-refractivity contribution in [1.29, 1.82) is 0 Å². The molecular weight excluding hydrogens is 368 g/mol. The predicted octanol–water partition coefficient (Wildman–Crippen LogP) is 3.96. The molecule has 0 radical (unpaired) electrons. The second-order valence-electron chi connectivity index (χ2n) is 6.78. The van der Waals surface area contributed by atoms with Gasteiger partial charge in [0.05, 0.1) is 17.3 Å². The van der Waals surface area contributed by atoms with E-state index in [0.29, 0.717) is 10.6 Å². The molecule has 1 amide bonds. The number of nitrogens with zero attached hydrogens (tertiary/aromatic N) is 2. The van der Waals surface area contributed by atoms with Crippen LogP contribution in [0.4, 0.5) is 5.69 Å². The molecule has 140 valence electrons. The highest BCUT2D eigenvalue weighted by Crippen LogP contribution is 2.44. The van der Waals surface area contributed by atoms with Crippen LogP contribution >= 0.6 is 11.6 Å². The average Bonchev–Trinajstić information content (AvgIpc) is 2.89. The van der Waals surface area contributed by atoms with Gasteiger partial charge in [0.25, 0.3) is 5.91 Å². The quantitative estimate of drug-likeness (QED) is 0.811. The largest absolute Gasteiger partial charge is 0.506 e. The van der Waals surface area contributed by atoms with Crippen LogP contribution in [0.25, 0.3) is 0 Å². The molecule has 1 atom stereocenters. The summed E-state index contributed by atoms with van der Waals surface area (Å²) in [6.07, 6.45) is 3.27. The summed E-state index contributed by atoms with van der Waals surface area (Å²) in [6, 6.07) is 6.74. The fourth-order valence-electron chi connectivity index (χ4n) is 3.16. The van der Waals surface area contributed by atoms with E-state index in [2.05, 4.69) is 4.98 Å². The third-order valence-corrected chi connectivity index (χ3v) is 4.53. The van der Waals surface area contributed by atoms with Crippen molar-refractivity contribution in [2.75, 3.05) is 4.90 Å². The van der Waals surface area contributed by atoms with Crippen LogP contribution in [0, 0.1) is 5.92 Å². The Morgan fingerprint density at radius 3 is 2.67 bits per heavy atom. The summed E-state index contributed by atoms with van der Waals surface area (Å²) in [5.74, 6) is -1.85. The molecule has 1 unspecified atom stereocenters. The van der Waals surface area contributed by atoms with Crippen LogP contribution in [-0.2, 0) is 9.59 Å². The summed E-state index contributed by atoms with van der Waals surface area (Å²) in [4.78, 5) is 30.9. The second-order valence-corrected chi connectivity index (χ2v) is 7.22. The maximum atomic E-state index is 12.8. The first kappa shape index (κ1) is 18.9. The van der Waals surface area contributed by atoms with E-state index in [-0.39, 0.29) is 35.1 Å². The number of phenolic OH excluding ortho intramolecular Hbond substituents is 1. The van der Waals surface area contributed by atoms with Gasteiger partial charge in [0.15, 0.2) is 11.5 Å². The molecule has 2 N–H and O–H groups in total. The number of pyridine rings is 1. The first-order valence-corrected chi connectivity index (χ1v) is 8.87. The highest BCUT2D eigenvalue weighted by atomic mass is 35.5. The number of halogens is 1. The smallest absolute Gasteiger partial charge is 0.294 e. The fourth-order valence-corrected chi connectivity index (χ4v) is 3.33. The molecule has 0 fully saturated rings. The zero-order valence-electron chi connectivity index (χ0n) is 14.9. The first-order chi connectivity index (χ1) is 12.8. The Hall–Kier alpha value is -2.86. The van der Waals surface area contributed by atoms with Gasteiger partial charge in [0, 0.05) is 23.8 Å². The number of amides is 1. The minimum absolute atomic E-state index is 0.000996. The minimum atomic E-state index is -0.901. The molecule has 0 aliphatic carbocycles. The summed E-state index contributed by atoms with van der Waals surface area (Å²) >= 11 is 6.04. The second kappa shape index (κ2) is 7.40. The number of anilines is 1. The van der Waals surface area contributed by atoms with Gasteiger partial charge in [-0.3, -0.25) is 19.5 Å². The molecular formula is C20H19ClN2O4. The Kier molecular flexibility index (Phi) is 5.19. The summed E-state index contributed by atoms with van der Waals surface area (Å²) in [7, 11) is 0. The minimum Gasteiger partial charge on any atom is -0.506 e. The molecule has 3 rings (SSSR count). The summed E-state index contributed by atoms with van der Waals surface area (Å²) in [5.41, 5.74) is 0.655. The number of hydrogen-bond acceptors (Lipinski definition) is 5. The molecule has 0 bridgehead atoms. The number of rotatable bonds is 5. The zero-order valence-corrected chi connectivity index (χ0v) is 15.6. The number of carbonyl (C=O) groups excluding carboxylic acids is 2. The number of aliphatic hydroxyl groups is 1. The van der Waals surface area contributed by atoms with E-state index in [4.69, 9.17) is 11.6 Å². The van der Waals surface area contributed by atoms with Crippen molar-refractivity contribution in [2.24, 2.45) is 5.92 Å². The van der Waals surface area contributed by atoms with Crippen LogP contribution in [0.3, 0.4) is 0 Å². The Morgan fingerprint density at radius 1 is 1.30 bits per heavy atom. The van der Waals surface area contributed by atoms with Crippen molar-refractivity contribution in [3.05, 3.63) is 64.6 Å². The molecule has 1 aliphatic rings. The SMILES string of the molecule is CC(C)CC(=O)C1=C(O)C(=O)N(c2cc(Cl)ccc2O)C1c1cccnc1. The Balaban J connectivity index is 2.18. The number of carbonyl (C=O) groups is 2.